The Morgan fingerprint density at radius 2 is 2.06 bits per heavy atom. The number of hydrogen-bond donors (Lipinski definition) is 1. The Bertz CT molecular complexity index is 378. The molecule has 1 aliphatic heterocycles. The summed E-state index contributed by atoms with van der Waals surface area (Å²) >= 11 is 3.39. The molecule has 4 heteroatoms. The number of aliphatic hydroxyl groups is 1. The minimum absolute atomic E-state index is 0.0333. The second-order valence-electron chi connectivity index (χ2n) is 4.66. The van der Waals surface area contributed by atoms with Crippen molar-refractivity contribution in [2.75, 3.05) is 26.2 Å². The van der Waals surface area contributed by atoms with E-state index in [-0.39, 0.29) is 6.61 Å². The average molecular weight is 314 g/mol. The summed E-state index contributed by atoms with van der Waals surface area (Å²) in [6.07, 6.45) is 3.74. The highest BCUT2D eigenvalue weighted by atomic mass is 79.9. The monoisotopic (exact) mass is 313 g/mol. The van der Waals surface area contributed by atoms with E-state index in [1.807, 2.05) is 18.2 Å². The fraction of sp³-hybridized carbons (Fsp3) is 0.571. The van der Waals surface area contributed by atoms with Crippen molar-refractivity contribution in [1.29, 1.82) is 0 Å². The number of hydrogen-bond acceptors (Lipinski definition) is 3. The molecule has 0 amide bonds. The predicted molar refractivity (Wildman–Crippen MR) is 75.9 cm³/mol. The Labute approximate surface area is 117 Å². The average Bonchev–Trinajstić information content (AvgIpc) is 2.89. The Hall–Kier alpha value is -0.580. The highest BCUT2D eigenvalue weighted by Gasteiger charge is 2.10. The van der Waals surface area contributed by atoms with Gasteiger partial charge in [-0.05, 0) is 56.1 Å². The van der Waals surface area contributed by atoms with Gasteiger partial charge in [0.15, 0.2) is 0 Å². The van der Waals surface area contributed by atoms with Crippen LogP contribution in [0.25, 0.3) is 0 Å². The summed E-state index contributed by atoms with van der Waals surface area (Å²) in [5.41, 5.74) is 0.868. The van der Waals surface area contributed by atoms with Crippen LogP contribution in [-0.2, 0) is 6.61 Å². The number of rotatable bonds is 6. The summed E-state index contributed by atoms with van der Waals surface area (Å²) in [5, 5.41) is 9.17. The van der Waals surface area contributed by atoms with Crippen LogP contribution in [0.4, 0.5) is 0 Å². The smallest absolute Gasteiger partial charge is 0.119 e. The molecular formula is C14H20BrNO2. The number of ether oxygens (including phenoxy) is 1. The van der Waals surface area contributed by atoms with E-state index in [1.165, 1.54) is 25.9 Å². The summed E-state index contributed by atoms with van der Waals surface area (Å²) in [7, 11) is 0. The van der Waals surface area contributed by atoms with Gasteiger partial charge in [0.25, 0.3) is 0 Å². The molecule has 0 atom stereocenters. The molecule has 0 bridgehead atoms. The molecule has 0 spiro atoms. The van der Waals surface area contributed by atoms with Gasteiger partial charge in [-0.2, -0.15) is 0 Å². The number of halogens is 1. The van der Waals surface area contributed by atoms with Crippen molar-refractivity contribution < 1.29 is 9.84 Å². The van der Waals surface area contributed by atoms with Gasteiger partial charge in [0.1, 0.15) is 5.75 Å². The summed E-state index contributed by atoms with van der Waals surface area (Å²) in [4.78, 5) is 2.49. The summed E-state index contributed by atoms with van der Waals surface area (Å²) in [6.45, 7) is 4.39. The van der Waals surface area contributed by atoms with E-state index < -0.39 is 0 Å². The first-order valence-electron chi connectivity index (χ1n) is 6.54. The highest BCUT2D eigenvalue weighted by molar-refractivity contribution is 9.10. The van der Waals surface area contributed by atoms with Gasteiger partial charge in [0.2, 0.25) is 0 Å². The van der Waals surface area contributed by atoms with Gasteiger partial charge >= 0.3 is 0 Å². The van der Waals surface area contributed by atoms with E-state index in [9.17, 15) is 0 Å². The zero-order valence-corrected chi connectivity index (χ0v) is 12.2. The lowest BCUT2D eigenvalue weighted by Gasteiger charge is -2.14. The zero-order valence-electron chi connectivity index (χ0n) is 10.6. The van der Waals surface area contributed by atoms with Gasteiger partial charge in [-0.3, -0.25) is 0 Å². The SMILES string of the molecule is OCc1cc(OCCCN2CCCC2)ccc1Br. The third-order valence-corrected chi connectivity index (χ3v) is 4.05. The maximum absolute atomic E-state index is 9.17. The van der Waals surface area contributed by atoms with Crippen molar-refractivity contribution >= 4 is 15.9 Å². The van der Waals surface area contributed by atoms with E-state index in [1.54, 1.807) is 0 Å². The summed E-state index contributed by atoms with van der Waals surface area (Å²) in [5.74, 6) is 0.837. The molecule has 1 fully saturated rings. The van der Waals surface area contributed by atoms with Crippen molar-refractivity contribution in [1.82, 2.24) is 4.90 Å². The zero-order chi connectivity index (χ0) is 12.8. The second kappa shape index (κ2) is 7.12. The maximum Gasteiger partial charge on any atom is 0.119 e. The van der Waals surface area contributed by atoms with Crippen molar-refractivity contribution in [2.45, 2.75) is 25.9 Å². The third kappa shape index (κ3) is 3.97. The summed E-state index contributed by atoms with van der Waals surface area (Å²) < 4.78 is 6.63. The molecule has 0 aliphatic carbocycles. The molecule has 0 saturated carbocycles. The van der Waals surface area contributed by atoms with Crippen LogP contribution in [-0.4, -0.2) is 36.2 Å². The van der Waals surface area contributed by atoms with Crippen LogP contribution in [0.2, 0.25) is 0 Å². The van der Waals surface area contributed by atoms with Crippen LogP contribution in [0.1, 0.15) is 24.8 Å². The Morgan fingerprint density at radius 1 is 1.28 bits per heavy atom. The van der Waals surface area contributed by atoms with Crippen molar-refractivity contribution in [3.8, 4) is 5.75 Å². The first kappa shape index (κ1) is 13.8. The first-order valence-corrected chi connectivity index (χ1v) is 7.33. The van der Waals surface area contributed by atoms with E-state index in [0.29, 0.717) is 0 Å². The normalized spacial score (nSPS) is 16.1. The van der Waals surface area contributed by atoms with E-state index in [0.717, 1.165) is 35.4 Å². The Morgan fingerprint density at radius 3 is 2.78 bits per heavy atom. The van der Waals surface area contributed by atoms with Crippen LogP contribution in [0, 0.1) is 0 Å². The van der Waals surface area contributed by atoms with Gasteiger partial charge in [-0.25, -0.2) is 0 Å². The standard InChI is InChI=1S/C14H20BrNO2/c15-14-5-4-13(10-12(14)11-17)18-9-3-8-16-6-1-2-7-16/h4-5,10,17H,1-3,6-9,11H2. The summed E-state index contributed by atoms with van der Waals surface area (Å²) in [6, 6.07) is 5.74. The molecule has 100 valence electrons. The van der Waals surface area contributed by atoms with Crippen LogP contribution in [0.3, 0.4) is 0 Å². The fourth-order valence-corrected chi connectivity index (χ4v) is 2.62. The topological polar surface area (TPSA) is 32.7 Å². The lowest BCUT2D eigenvalue weighted by atomic mass is 10.2. The molecule has 0 aromatic heterocycles. The number of nitrogens with zero attached hydrogens (tertiary/aromatic N) is 1. The van der Waals surface area contributed by atoms with Crippen LogP contribution in [0.5, 0.6) is 5.75 Å². The molecule has 1 aromatic carbocycles. The Balaban J connectivity index is 1.72. The van der Waals surface area contributed by atoms with Crippen LogP contribution in [0.15, 0.2) is 22.7 Å². The molecule has 0 radical (unpaired) electrons. The minimum atomic E-state index is 0.0333. The van der Waals surface area contributed by atoms with Crippen LogP contribution < -0.4 is 4.74 Å². The molecule has 1 N–H and O–H groups in total. The van der Waals surface area contributed by atoms with Gasteiger partial charge in [-0.15, -0.1) is 0 Å². The van der Waals surface area contributed by atoms with Gasteiger partial charge in [0, 0.05) is 11.0 Å². The second-order valence-corrected chi connectivity index (χ2v) is 5.52. The molecule has 1 heterocycles. The molecule has 1 saturated heterocycles. The van der Waals surface area contributed by atoms with Gasteiger partial charge in [-0.1, -0.05) is 15.9 Å². The van der Waals surface area contributed by atoms with Crippen molar-refractivity contribution in [3.63, 3.8) is 0 Å². The predicted octanol–water partition coefficient (Wildman–Crippen LogP) is 2.81. The molecule has 3 nitrogen and oxygen atoms in total. The molecule has 0 unspecified atom stereocenters. The number of aliphatic hydroxyl groups excluding tert-OH is 1. The first-order chi connectivity index (χ1) is 8.79. The third-order valence-electron chi connectivity index (χ3n) is 3.27. The minimum Gasteiger partial charge on any atom is -0.494 e. The highest BCUT2D eigenvalue weighted by Crippen LogP contribution is 2.22. The molecule has 1 aromatic rings. The molecule has 1 aliphatic rings. The maximum atomic E-state index is 9.17. The molecule has 2 rings (SSSR count). The lowest BCUT2D eigenvalue weighted by molar-refractivity contribution is 0.260. The molecule has 18 heavy (non-hydrogen) atoms. The van der Waals surface area contributed by atoms with E-state index in [2.05, 4.69) is 20.8 Å². The Kier molecular flexibility index (Phi) is 5.47. The van der Waals surface area contributed by atoms with Gasteiger partial charge in [0.05, 0.1) is 13.2 Å². The van der Waals surface area contributed by atoms with E-state index in [4.69, 9.17) is 9.84 Å². The van der Waals surface area contributed by atoms with E-state index >= 15 is 0 Å². The van der Waals surface area contributed by atoms with Crippen molar-refractivity contribution in [3.05, 3.63) is 28.2 Å². The molecular weight excluding hydrogens is 294 g/mol. The van der Waals surface area contributed by atoms with Crippen LogP contribution >= 0.6 is 15.9 Å². The number of likely N-dealkylation sites (tertiary alicyclic amines) is 1. The fourth-order valence-electron chi connectivity index (χ4n) is 2.25. The number of benzene rings is 1. The quantitative estimate of drug-likeness (QED) is 0.820. The lowest BCUT2D eigenvalue weighted by Crippen LogP contribution is -2.21. The largest absolute Gasteiger partial charge is 0.494 e. The van der Waals surface area contributed by atoms with Crippen molar-refractivity contribution in [2.24, 2.45) is 0 Å². The van der Waals surface area contributed by atoms with Gasteiger partial charge < -0.3 is 14.7 Å².